The van der Waals surface area contributed by atoms with E-state index in [0.29, 0.717) is 25.6 Å². The van der Waals surface area contributed by atoms with Gasteiger partial charge in [-0.25, -0.2) is 0 Å². The minimum Gasteiger partial charge on any atom is -0.465 e. The van der Waals surface area contributed by atoms with Gasteiger partial charge in [-0.2, -0.15) is 0 Å². The van der Waals surface area contributed by atoms with Gasteiger partial charge in [0.15, 0.2) is 0 Å². The third-order valence-corrected chi connectivity index (χ3v) is 6.98. The van der Waals surface area contributed by atoms with E-state index in [2.05, 4.69) is 12.2 Å². The van der Waals surface area contributed by atoms with Crippen LogP contribution in [-0.2, 0) is 25.7 Å². The molecule has 2 atom stereocenters. The fraction of sp³-hybridized carbons (Fsp3) is 0.742. The van der Waals surface area contributed by atoms with Gasteiger partial charge in [0.1, 0.15) is 6.61 Å². The molecule has 0 aromatic heterocycles. The fourth-order valence-corrected chi connectivity index (χ4v) is 4.53. The minimum absolute atomic E-state index is 0.0428. The number of carbonyl (C=O) groups excluding carboxylic acids is 2. The van der Waals surface area contributed by atoms with E-state index in [1.165, 1.54) is 51.4 Å². The Balaban J connectivity index is 2.38. The Morgan fingerprint density at radius 3 is 2.08 bits per heavy atom. The number of benzene rings is 1. The lowest BCUT2D eigenvalue weighted by molar-refractivity contribution is -0.151. The summed E-state index contributed by atoms with van der Waals surface area (Å²) in [4.78, 5) is 24.8. The average Bonchev–Trinajstić information content (AvgIpc) is 2.90. The molecule has 0 aliphatic carbocycles. The van der Waals surface area contributed by atoms with Crippen LogP contribution in [0.2, 0.25) is 0 Å². The smallest absolute Gasteiger partial charge is 0.308 e. The Kier molecular flexibility index (Phi) is 19.9. The topological polar surface area (TPSA) is 64.6 Å². The van der Waals surface area contributed by atoms with Crippen LogP contribution < -0.4 is 5.32 Å². The highest BCUT2D eigenvalue weighted by atomic mass is 16.5. The van der Waals surface area contributed by atoms with E-state index in [1.807, 2.05) is 44.3 Å². The van der Waals surface area contributed by atoms with Crippen molar-refractivity contribution in [2.75, 3.05) is 20.2 Å². The van der Waals surface area contributed by atoms with Crippen molar-refractivity contribution in [2.45, 2.75) is 117 Å². The molecule has 0 fully saturated rings. The number of nitrogens with one attached hydrogen (secondary N) is 1. The van der Waals surface area contributed by atoms with Crippen LogP contribution in [0.3, 0.4) is 0 Å². The van der Waals surface area contributed by atoms with Crippen LogP contribution in [0.5, 0.6) is 0 Å². The van der Waals surface area contributed by atoms with Gasteiger partial charge in [0, 0.05) is 6.42 Å². The van der Waals surface area contributed by atoms with Gasteiger partial charge < -0.3 is 14.8 Å². The number of hydrogen-bond donors (Lipinski definition) is 1. The second-order valence-electron chi connectivity index (χ2n) is 10.1. The summed E-state index contributed by atoms with van der Waals surface area (Å²) >= 11 is 0. The lowest BCUT2D eigenvalue weighted by atomic mass is 9.95. The molecule has 0 aliphatic rings. The number of hydrogen-bond acceptors (Lipinski definition) is 5. The molecule has 0 saturated carbocycles. The molecule has 0 saturated heterocycles. The number of esters is 2. The average molecular weight is 504 g/mol. The molecular formula is C31H53NO4. The van der Waals surface area contributed by atoms with Gasteiger partial charge in [-0.05, 0) is 57.2 Å². The van der Waals surface area contributed by atoms with Gasteiger partial charge in [-0.15, -0.1) is 0 Å². The Morgan fingerprint density at radius 2 is 1.44 bits per heavy atom. The summed E-state index contributed by atoms with van der Waals surface area (Å²) in [6.45, 7) is 5.91. The van der Waals surface area contributed by atoms with Gasteiger partial charge in [0.25, 0.3) is 0 Å². The van der Waals surface area contributed by atoms with Crippen LogP contribution >= 0.6 is 0 Å². The maximum absolute atomic E-state index is 12.6. The SMILES string of the molecule is CCCCCCCCCCCC(CCCC(=O)OCc1ccccc1)COC(=O)C(CC)CCNC. The summed E-state index contributed by atoms with van der Waals surface area (Å²) < 4.78 is 11.2. The summed E-state index contributed by atoms with van der Waals surface area (Å²) in [5.74, 6) is 0.0314. The largest absolute Gasteiger partial charge is 0.465 e. The van der Waals surface area contributed by atoms with Gasteiger partial charge in [0.05, 0.1) is 12.5 Å². The first-order chi connectivity index (χ1) is 17.6. The molecule has 1 aromatic carbocycles. The Labute approximate surface area is 221 Å². The lowest BCUT2D eigenvalue weighted by Gasteiger charge is -2.19. The van der Waals surface area contributed by atoms with E-state index in [1.54, 1.807) is 0 Å². The van der Waals surface area contributed by atoms with E-state index in [9.17, 15) is 9.59 Å². The van der Waals surface area contributed by atoms with E-state index >= 15 is 0 Å². The van der Waals surface area contributed by atoms with E-state index in [4.69, 9.17) is 9.47 Å². The van der Waals surface area contributed by atoms with Crippen LogP contribution in [0.1, 0.15) is 116 Å². The molecule has 0 aliphatic heterocycles. The molecule has 1 rings (SSSR count). The van der Waals surface area contributed by atoms with Crippen molar-refractivity contribution in [2.24, 2.45) is 11.8 Å². The zero-order valence-corrected chi connectivity index (χ0v) is 23.4. The molecule has 206 valence electrons. The Hall–Kier alpha value is -1.88. The maximum atomic E-state index is 12.6. The molecule has 1 N–H and O–H groups in total. The summed E-state index contributed by atoms with van der Waals surface area (Å²) in [7, 11) is 1.91. The standard InChI is InChI=1S/C31H53NO4/c1-4-6-7-8-9-10-11-12-14-18-28(26-36-31(34)29(5-2)23-24-32-3)21-17-22-30(33)35-25-27-19-15-13-16-20-27/h13,15-16,19-20,28-29,32H,4-12,14,17-18,21-26H2,1-3H3. The van der Waals surface area contributed by atoms with Crippen LogP contribution in [0.15, 0.2) is 30.3 Å². The van der Waals surface area contributed by atoms with Gasteiger partial charge in [-0.3, -0.25) is 9.59 Å². The molecule has 5 heteroatoms. The summed E-state index contributed by atoms with van der Waals surface area (Å²) in [6.07, 6.45) is 16.4. The predicted molar refractivity (Wildman–Crippen MR) is 149 cm³/mol. The highest BCUT2D eigenvalue weighted by Gasteiger charge is 2.20. The fourth-order valence-electron chi connectivity index (χ4n) is 4.53. The van der Waals surface area contributed by atoms with Gasteiger partial charge in [-0.1, -0.05) is 102 Å². The molecule has 1 aromatic rings. The molecule has 5 nitrogen and oxygen atoms in total. The highest BCUT2D eigenvalue weighted by molar-refractivity contribution is 5.72. The summed E-state index contributed by atoms with van der Waals surface area (Å²) in [6, 6.07) is 9.77. The van der Waals surface area contributed by atoms with Crippen LogP contribution in [0, 0.1) is 11.8 Å². The molecule has 0 radical (unpaired) electrons. The zero-order valence-electron chi connectivity index (χ0n) is 23.4. The number of carbonyl (C=O) groups is 2. The van der Waals surface area contributed by atoms with Crippen molar-refractivity contribution >= 4 is 11.9 Å². The van der Waals surface area contributed by atoms with Crippen molar-refractivity contribution in [3.63, 3.8) is 0 Å². The van der Waals surface area contributed by atoms with E-state index in [0.717, 1.165) is 50.6 Å². The zero-order chi connectivity index (χ0) is 26.3. The second kappa shape index (κ2) is 22.3. The minimum atomic E-state index is -0.157. The summed E-state index contributed by atoms with van der Waals surface area (Å²) in [5.41, 5.74) is 1.00. The summed E-state index contributed by atoms with van der Waals surface area (Å²) in [5, 5.41) is 3.12. The number of unbranched alkanes of at least 4 members (excludes halogenated alkanes) is 8. The second-order valence-corrected chi connectivity index (χ2v) is 10.1. The lowest BCUT2D eigenvalue weighted by Crippen LogP contribution is -2.24. The Morgan fingerprint density at radius 1 is 0.806 bits per heavy atom. The van der Waals surface area contributed by atoms with Crippen LogP contribution in [-0.4, -0.2) is 32.1 Å². The van der Waals surface area contributed by atoms with Gasteiger partial charge in [0.2, 0.25) is 0 Å². The monoisotopic (exact) mass is 503 g/mol. The Bertz CT molecular complexity index is 664. The van der Waals surface area contributed by atoms with Crippen molar-refractivity contribution < 1.29 is 19.1 Å². The first-order valence-corrected chi connectivity index (χ1v) is 14.6. The highest BCUT2D eigenvalue weighted by Crippen LogP contribution is 2.20. The molecule has 0 heterocycles. The molecule has 0 bridgehead atoms. The predicted octanol–water partition coefficient (Wildman–Crippen LogP) is 7.62. The quantitative estimate of drug-likeness (QED) is 0.123. The van der Waals surface area contributed by atoms with Crippen molar-refractivity contribution in [3.05, 3.63) is 35.9 Å². The van der Waals surface area contributed by atoms with Crippen molar-refractivity contribution in [1.29, 1.82) is 0 Å². The van der Waals surface area contributed by atoms with Crippen molar-refractivity contribution in [1.82, 2.24) is 5.32 Å². The third kappa shape index (κ3) is 16.7. The molecule has 2 unspecified atom stereocenters. The number of ether oxygens (including phenoxy) is 2. The van der Waals surface area contributed by atoms with E-state index in [-0.39, 0.29) is 17.9 Å². The molecule has 0 spiro atoms. The van der Waals surface area contributed by atoms with E-state index < -0.39 is 0 Å². The van der Waals surface area contributed by atoms with Crippen LogP contribution in [0.25, 0.3) is 0 Å². The normalized spacial score (nSPS) is 12.8. The van der Waals surface area contributed by atoms with Crippen molar-refractivity contribution in [3.8, 4) is 0 Å². The molecule has 0 amide bonds. The number of rotatable bonds is 23. The first-order valence-electron chi connectivity index (χ1n) is 14.6. The maximum Gasteiger partial charge on any atom is 0.308 e. The van der Waals surface area contributed by atoms with Gasteiger partial charge >= 0.3 is 11.9 Å². The first kappa shape index (κ1) is 32.1. The third-order valence-electron chi connectivity index (χ3n) is 6.98. The molecule has 36 heavy (non-hydrogen) atoms. The molecular weight excluding hydrogens is 450 g/mol. The van der Waals surface area contributed by atoms with Crippen LogP contribution in [0.4, 0.5) is 0 Å².